The molecule has 0 aromatic rings. The first-order valence-electron chi connectivity index (χ1n) is 6.38. The fraction of sp³-hybridized carbons (Fsp3) is 0.917. The van der Waals surface area contributed by atoms with Crippen LogP contribution in [0.5, 0.6) is 0 Å². The second kappa shape index (κ2) is 6.86. The molecule has 0 aliphatic carbocycles. The van der Waals surface area contributed by atoms with Crippen LogP contribution in [0, 0.1) is 5.92 Å². The zero-order chi connectivity index (χ0) is 12.0. The summed E-state index contributed by atoms with van der Waals surface area (Å²) in [5.41, 5.74) is 0. The Labute approximate surface area is 97.8 Å². The van der Waals surface area contributed by atoms with Gasteiger partial charge in [0, 0.05) is 6.54 Å². The fourth-order valence-corrected chi connectivity index (χ4v) is 2.24. The molecule has 4 nitrogen and oxygen atoms in total. The van der Waals surface area contributed by atoms with Gasteiger partial charge in [0.2, 0.25) is 5.91 Å². The number of carbonyl (C=O) groups is 1. The van der Waals surface area contributed by atoms with E-state index in [1.807, 2.05) is 0 Å². The number of rotatable bonds is 6. The summed E-state index contributed by atoms with van der Waals surface area (Å²) in [4.78, 5) is 11.7. The van der Waals surface area contributed by atoms with Crippen LogP contribution in [-0.4, -0.2) is 36.2 Å². The number of carbonyl (C=O) groups excluding carboxylic acids is 1. The van der Waals surface area contributed by atoms with Gasteiger partial charge in [-0.3, -0.25) is 4.79 Å². The SMILES string of the molecule is CCC(CC)C(O)CNC(=O)C1CCCN1. The van der Waals surface area contributed by atoms with Gasteiger partial charge in [-0.15, -0.1) is 0 Å². The van der Waals surface area contributed by atoms with Crippen LogP contribution in [0.1, 0.15) is 39.5 Å². The van der Waals surface area contributed by atoms with Gasteiger partial charge in [0.15, 0.2) is 0 Å². The summed E-state index contributed by atoms with van der Waals surface area (Å²) in [5, 5.41) is 15.8. The van der Waals surface area contributed by atoms with Crippen LogP contribution in [0.15, 0.2) is 0 Å². The monoisotopic (exact) mass is 228 g/mol. The van der Waals surface area contributed by atoms with Crippen molar-refractivity contribution >= 4 is 5.91 Å². The molecule has 0 aromatic heterocycles. The van der Waals surface area contributed by atoms with Gasteiger partial charge in [0.25, 0.3) is 0 Å². The number of aliphatic hydroxyl groups excluding tert-OH is 1. The number of nitrogens with one attached hydrogen (secondary N) is 2. The van der Waals surface area contributed by atoms with Crippen LogP contribution in [-0.2, 0) is 4.79 Å². The predicted molar refractivity (Wildman–Crippen MR) is 64.1 cm³/mol. The second-order valence-electron chi connectivity index (χ2n) is 4.54. The van der Waals surface area contributed by atoms with E-state index in [2.05, 4.69) is 24.5 Å². The molecule has 1 aliphatic rings. The molecule has 1 rings (SSSR count). The van der Waals surface area contributed by atoms with E-state index in [0.29, 0.717) is 6.54 Å². The lowest BCUT2D eigenvalue weighted by Crippen LogP contribution is -2.44. The second-order valence-corrected chi connectivity index (χ2v) is 4.54. The molecule has 0 saturated carbocycles. The third kappa shape index (κ3) is 3.76. The van der Waals surface area contributed by atoms with Crippen LogP contribution >= 0.6 is 0 Å². The highest BCUT2D eigenvalue weighted by atomic mass is 16.3. The van der Waals surface area contributed by atoms with E-state index in [4.69, 9.17) is 0 Å². The van der Waals surface area contributed by atoms with E-state index in [1.165, 1.54) is 0 Å². The van der Waals surface area contributed by atoms with E-state index in [9.17, 15) is 9.90 Å². The normalized spacial score (nSPS) is 22.4. The Hall–Kier alpha value is -0.610. The standard InChI is InChI=1S/C12H24N2O2/c1-3-9(4-2)11(15)8-14-12(16)10-6-5-7-13-10/h9-11,13,15H,3-8H2,1-2H3,(H,14,16). The smallest absolute Gasteiger partial charge is 0.237 e. The Morgan fingerprint density at radius 3 is 2.69 bits per heavy atom. The molecule has 0 spiro atoms. The summed E-state index contributed by atoms with van der Waals surface area (Å²) in [7, 11) is 0. The van der Waals surface area contributed by atoms with E-state index >= 15 is 0 Å². The molecule has 94 valence electrons. The zero-order valence-corrected chi connectivity index (χ0v) is 10.3. The summed E-state index contributed by atoms with van der Waals surface area (Å²) < 4.78 is 0. The summed E-state index contributed by atoms with van der Waals surface area (Å²) in [6, 6.07) is -0.0473. The molecule has 2 atom stereocenters. The predicted octanol–water partition coefficient (Wildman–Crippen LogP) is 0.652. The van der Waals surface area contributed by atoms with Crippen molar-refractivity contribution in [1.82, 2.24) is 10.6 Å². The Balaban J connectivity index is 2.24. The molecule has 1 fully saturated rings. The molecular weight excluding hydrogens is 204 g/mol. The highest BCUT2D eigenvalue weighted by Crippen LogP contribution is 2.12. The van der Waals surface area contributed by atoms with E-state index in [-0.39, 0.29) is 17.9 Å². The average molecular weight is 228 g/mol. The molecule has 0 aromatic carbocycles. The topological polar surface area (TPSA) is 61.4 Å². The quantitative estimate of drug-likeness (QED) is 0.625. The minimum Gasteiger partial charge on any atom is -0.391 e. The van der Waals surface area contributed by atoms with Crippen LogP contribution in [0.3, 0.4) is 0 Å². The zero-order valence-electron chi connectivity index (χ0n) is 10.3. The van der Waals surface area contributed by atoms with Crippen molar-refractivity contribution in [1.29, 1.82) is 0 Å². The Morgan fingerprint density at radius 1 is 1.50 bits per heavy atom. The molecule has 1 aliphatic heterocycles. The summed E-state index contributed by atoms with van der Waals surface area (Å²) in [6.45, 7) is 5.44. The van der Waals surface area contributed by atoms with Crippen LogP contribution in [0.25, 0.3) is 0 Å². The van der Waals surface area contributed by atoms with Crippen LogP contribution in [0.2, 0.25) is 0 Å². The number of hydrogen-bond donors (Lipinski definition) is 3. The third-order valence-corrected chi connectivity index (χ3v) is 3.46. The van der Waals surface area contributed by atoms with Gasteiger partial charge >= 0.3 is 0 Å². The van der Waals surface area contributed by atoms with Gasteiger partial charge in [0.05, 0.1) is 12.1 Å². The molecule has 1 heterocycles. The van der Waals surface area contributed by atoms with E-state index in [1.54, 1.807) is 0 Å². The first-order chi connectivity index (χ1) is 7.69. The van der Waals surface area contributed by atoms with Gasteiger partial charge in [-0.05, 0) is 25.3 Å². The Bertz CT molecular complexity index is 211. The maximum atomic E-state index is 11.7. The van der Waals surface area contributed by atoms with Crippen molar-refractivity contribution < 1.29 is 9.90 Å². The van der Waals surface area contributed by atoms with Crippen molar-refractivity contribution in [3.63, 3.8) is 0 Å². The van der Waals surface area contributed by atoms with Crippen molar-refractivity contribution in [3.05, 3.63) is 0 Å². The van der Waals surface area contributed by atoms with Crippen molar-refractivity contribution in [2.45, 2.75) is 51.7 Å². The number of amides is 1. The van der Waals surface area contributed by atoms with Crippen molar-refractivity contribution in [2.24, 2.45) is 5.92 Å². The molecule has 1 amide bonds. The lowest BCUT2D eigenvalue weighted by Gasteiger charge is -2.21. The Kier molecular flexibility index (Phi) is 5.77. The molecule has 16 heavy (non-hydrogen) atoms. The van der Waals surface area contributed by atoms with Crippen molar-refractivity contribution in [2.75, 3.05) is 13.1 Å². The fourth-order valence-electron chi connectivity index (χ4n) is 2.24. The minimum atomic E-state index is -0.416. The van der Waals surface area contributed by atoms with Crippen LogP contribution in [0.4, 0.5) is 0 Å². The lowest BCUT2D eigenvalue weighted by molar-refractivity contribution is -0.123. The maximum absolute atomic E-state index is 11.7. The van der Waals surface area contributed by atoms with E-state index in [0.717, 1.165) is 32.2 Å². The molecular formula is C12H24N2O2. The average Bonchev–Trinajstić information content (AvgIpc) is 2.81. The lowest BCUT2D eigenvalue weighted by atomic mass is 9.96. The summed E-state index contributed by atoms with van der Waals surface area (Å²) >= 11 is 0. The number of aliphatic hydroxyl groups is 1. The summed E-state index contributed by atoms with van der Waals surface area (Å²) in [5.74, 6) is 0.319. The highest BCUT2D eigenvalue weighted by Gasteiger charge is 2.23. The van der Waals surface area contributed by atoms with Gasteiger partial charge < -0.3 is 15.7 Å². The molecule has 0 radical (unpaired) electrons. The van der Waals surface area contributed by atoms with Crippen molar-refractivity contribution in [3.8, 4) is 0 Å². The first kappa shape index (κ1) is 13.5. The van der Waals surface area contributed by atoms with Gasteiger partial charge in [0.1, 0.15) is 0 Å². The molecule has 4 heteroatoms. The molecule has 2 unspecified atom stereocenters. The van der Waals surface area contributed by atoms with Gasteiger partial charge in [-0.1, -0.05) is 26.7 Å². The molecule has 0 bridgehead atoms. The molecule has 1 saturated heterocycles. The third-order valence-electron chi connectivity index (χ3n) is 3.46. The van der Waals surface area contributed by atoms with E-state index < -0.39 is 6.10 Å². The van der Waals surface area contributed by atoms with Crippen LogP contribution < -0.4 is 10.6 Å². The highest BCUT2D eigenvalue weighted by molar-refractivity contribution is 5.81. The largest absolute Gasteiger partial charge is 0.391 e. The number of hydrogen-bond acceptors (Lipinski definition) is 3. The van der Waals surface area contributed by atoms with Gasteiger partial charge in [-0.25, -0.2) is 0 Å². The Morgan fingerprint density at radius 2 is 2.19 bits per heavy atom. The van der Waals surface area contributed by atoms with Gasteiger partial charge in [-0.2, -0.15) is 0 Å². The first-order valence-corrected chi connectivity index (χ1v) is 6.38. The summed E-state index contributed by atoms with van der Waals surface area (Å²) in [6.07, 6.45) is 3.46. The maximum Gasteiger partial charge on any atom is 0.237 e. The molecule has 3 N–H and O–H groups in total. The minimum absolute atomic E-state index is 0.0301.